The van der Waals surface area contributed by atoms with Crippen LogP contribution in [-0.4, -0.2) is 40.8 Å². The number of nitrogens with one attached hydrogen (secondary N) is 1. The van der Waals surface area contributed by atoms with Gasteiger partial charge in [-0.2, -0.15) is 0 Å². The van der Waals surface area contributed by atoms with Crippen LogP contribution in [0.2, 0.25) is 0 Å². The molecule has 1 N–H and O–H groups in total. The fourth-order valence-corrected chi connectivity index (χ4v) is 4.87. The number of piperidine rings is 1. The maximum Gasteiger partial charge on any atom is 0.256 e. The van der Waals surface area contributed by atoms with E-state index in [4.69, 9.17) is 0 Å². The highest BCUT2D eigenvalue weighted by Gasteiger charge is 2.26. The lowest BCUT2D eigenvalue weighted by atomic mass is 10.0. The topological polar surface area (TPSA) is 62.3 Å². The molecule has 0 radical (unpaired) electrons. The van der Waals surface area contributed by atoms with E-state index in [1.165, 1.54) is 22.9 Å². The molecule has 0 aliphatic carbocycles. The Bertz CT molecular complexity index is 1110. The summed E-state index contributed by atoms with van der Waals surface area (Å²) >= 11 is 1.54. The number of carbonyl (C=O) groups excluding carboxylic acids is 2. The van der Waals surface area contributed by atoms with Crippen LogP contribution >= 0.6 is 11.8 Å². The zero-order chi connectivity index (χ0) is 22.5. The monoisotopic (exact) mass is 445 g/mol. The van der Waals surface area contributed by atoms with E-state index in [0.717, 1.165) is 22.8 Å². The number of carbonyl (C=O) groups is 2. The van der Waals surface area contributed by atoms with Crippen molar-refractivity contribution in [2.24, 2.45) is 0 Å². The van der Waals surface area contributed by atoms with Crippen LogP contribution in [0.1, 0.15) is 44.7 Å². The van der Waals surface area contributed by atoms with Gasteiger partial charge in [0.25, 0.3) is 11.8 Å². The molecule has 32 heavy (non-hydrogen) atoms. The Labute approximate surface area is 193 Å². The van der Waals surface area contributed by atoms with Crippen molar-refractivity contribution in [3.63, 3.8) is 0 Å². The molecule has 1 fully saturated rings. The molecule has 2 aromatic carbocycles. The lowest BCUT2D eigenvalue weighted by molar-refractivity contribution is 0.0694. The fourth-order valence-electron chi connectivity index (χ4n) is 3.81. The van der Waals surface area contributed by atoms with E-state index in [1.807, 2.05) is 47.4 Å². The largest absolute Gasteiger partial charge is 0.349 e. The highest BCUT2D eigenvalue weighted by atomic mass is 32.2. The van der Waals surface area contributed by atoms with Gasteiger partial charge in [-0.1, -0.05) is 42.1 Å². The highest BCUT2D eigenvalue weighted by molar-refractivity contribution is 7.99. The van der Waals surface area contributed by atoms with Gasteiger partial charge in [-0.25, -0.2) is 4.98 Å². The number of hydrogen-bond donors (Lipinski definition) is 1. The van der Waals surface area contributed by atoms with E-state index in [2.05, 4.69) is 42.3 Å². The van der Waals surface area contributed by atoms with Gasteiger partial charge in [0.15, 0.2) is 0 Å². The molecule has 164 valence electrons. The zero-order valence-electron chi connectivity index (χ0n) is 18.4. The number of amides is 2. The summed E-state index contributed by atoms with van der Waals surface area (Å²) < 4.78 is 0. The zero-order valence-corrected chi connectivity index (χ0v) is 19.2. The van der Waals surface area contributed by atoms with Crippen LogP contribution in [0.15, 0.2) is 76.8 Å². The SMILES string of the molecule is Cc1ccc(C)c(Sc2ncccc2C(=O)N2CCC(NC(=O)c3ccccc3)CC2)c1. The summed E-state index contributed by atoms with van der Waals surface area (Å²) in [5, 5.41) is 3.82. The van der Waals surface area contributed by atoms with E-state index in [9.17, 15) is 9.59 Å². The molecule has 1 saturated heterocycles. The van der Waals surface area contributed by atoms with Gasteiger partial charge in [0.1, 0.15) is 5.03 Å². The minimum atomic E-state index is -0.0603. The second kappa shape index (κ2) is 10.0. The Balaban J connectivity index is 1.40. The van der Waals surface area contributed by atoms with E-state index < -0.39 is 0 Å². The smallest absolute Gasteiger partial charge is 0.256 e. The van der Waals surface area contributed by atoms with Crippen molar-refractivity contribution in [2.45, 2.75) is 42.7 Å². The summed E-state index contributed by atoms with van der Waals surface area (Å²) in [6, 6.07) is 19.3. The Morgan fingerprint density at radius 2 is 1.75 bits per heavy atom. The van der Waals surface area contributed by atoms with Crippen molar-refractivity contribution in [1.29, 1.82) is 0 Å². The molecule has 3 aromatic rings. The second-order valence-corrected chi connectivity index (χ2v) is 9.16. The van der Waals surface area contributed by atoms with Gasteiger partial charge in [-0.15, -0.1) is 0 Å². The number of benzene rings is 2. The van der Waals surface area contributed by atoms with Gasteiger partial charge in [0.05, 0.1) is 5.56 Å². The number of nitrogens with zero attached hydrogens (tertiary/aromatic N) is 2. The van der Waals surface area contributed by atoms with Gasteiger partial charge in [0, 0.05) is 35.8 Å². The van der Waals surface area contributed by atoms with Crippen molar-refractivity contribution in [1.82, 2.24) is 15.2 Å². The summed E-state index contributed by atoms with van der Waals surface area (Å²) in [6.45, 7) is 5.36. The first-order valence-electron chi connectivity index (χ1n) is 10.9. The van der Waals surface area contributed by atoms with Crippen molar-refractivity contribution < 1.29 is 9.59 Å². The summed E-state index contributed by atoms with van der Waals surface area (Å²) in [4.78, 5) is 33.2. The minimum Gasteiger partial charge on any atom is -0.349 e. The molecule has 2 heterocycles. The molecular weight excluding hydrogens is 418 g/mol. The van der Waals surface area contributed by atoms with Crippen LogP contribution in [-0.2, 0) is 0 Å². The Morgan fingerprint density at radius 1 is 1.00 bits per heavy atom. The molecular formula is C26H27N3O2S. The van der Waals surface area contributed by atoms with Crippen LogP contribution in [0.4, 0.5) is 0 Å². The quantitative estimate of drug-likeness (QED) is 0.608. The Morgan fingerprint density at radius 3 is 2.50 bits per heavy atom. The van der Waals surface area contributed by atoms with Gasteiger partial charge in [0.2, 0.25) is 0 Å². The molecule has 4 rings (SSSR count). The maximum absolute atomic E-state index is 13.3. The third kappa shape index (κ3) is 5.19. The lowest BCUT2D eigenvalue weighted by Crippen LogP contribution is -2.46. The van der Waals surface area contributed by atoms with E-state index in [1.54, 1.807) is 6.20 Å². The number of rotatable bonds is 5. The molecule has 1 aliphatic heterocycles. The number of hydrogen-bond acceptors (Lipinski definition) is 4. The number of aryl methyl sites for hydroxylation is 2. The highest BCUT2D eigenvalue weighted by Crippen LogP contribution is 2.32. The normalized spacial score (nSPS) is 14.2. The molecule has 0 bridgehead atoms. The molecule has 0 spiro atoms. The van der Waals surface area contributed by atoms with Gasteiger partial charge in [-0.05, 0) is 68.1 Å². The van der Waals surface area contributed by atoms with Crippen LogP contribution in [0.3, 0.4) is 0 Å². The molecule has 0 saturated carbocycles. The van der Waals surface area contributed by atoms with Crippen molar-refractivity contribution >= 4 is 23.6 Å². The third-order valence-electron chi connectivity index (χ3n) is 5.71. The van der Waals surface area contributed by atoms with Crippen molar-refractivity contribution in [2.75, 3.05) is 13.1 Å². The van der Waals surface area contributed by atoms with Crippen molar-refractivity contribution in [3.05, 3.63) is 89.1 Å². The average Bonchev–Trinajstić information content (AvgIpc) is 2.82. The second-order valence-electron chi connectivity index (χ2n) is 8.13. The fraction of sp³-hybridized carbons (Fsp3) is 0.269. The van der Waals surface area contributed by atoms with Crippen LogP contribution in [0.25, 0.3) is 0 Å². The first-order chi connectivity index (χ1) is 15.5. The summed E-state index contributed by atoms with van der Waals surface area (Å²) in [5.74, 6) is -0.0615. The van der Waals surface area contributed by atoms with Gasteiger partial charge >= 0.3 is 0 Å². The molecule has 6 heteroatoms. The minimum absolute atomic E-state index is 0.00116. The maximum atomic E-state index is 13.3. The van der Waals surface area contributed by atoms with E-state index in [-0.39, 0.29) is 17.9 Å². The van der Waals surface area contributed by atoms with E-state index in [0.29, 0.717) is 24.2 Å². The first kappa shape index (κ1) is 22.1. The summed E-state index contributed by atoms with van der Waals surface area (Å²) in [5.41, 5.74) is 3.64. The molecule has 2 amide bonds. The lowest BCUT2D eigenvalue weighted by Gasteiger charge is -2.32. The predicted molar refractivity (Wildman–Crippen MR) is 127 cm³/mol. The average molecular weight is 446 g/mol. The van der Waals surface area contributed by atoms with Gasteiger partial charge < -0.3 is 10.2 Å². The molecule has 1 aromatic heterocycles. The van der Waals surface area contributed by atoms with Crippen LogP contribution in [0.5, 0.6) is 0 Å². The molecule has 5 nitrogen and oxygen atoms in total. The van der Waals surface area contributed by atoms with Gasteiger partial charge in [-0.3, -0.25) is 9.59 Å². The summed E-state index contributed by atoms with van der Waals surface area (Å²) in [7, 11) is 0. The van der Waals surface area contributed by atoms with Crippen LogP contribution < -0.4 is 5.32 Å². The first-order valence-corrected chi connectivity index (χ1v) is 11.7. The Hall–Kier alpha value is -3.12. The third-order valence-corrected chi connectivity index (χ3v) is 6.88. The molecule has 0 atom stereocenters. The number of aromatic nitrogens is 1. The molecule has 0 unspecified atom stereocenters. The Kier molecular flexibility index (Phi) is 6.90. The van der Waals surface area contributed by atoms with Crippen molar-refractivity contribution in [3.8, 4) is 0 Å². The molecule has 1 aliphatic rings. The van der Waals surface area contributed by atoms with E-state index >= 15 is 0 Å². The van der Waals surface area contributed by atoms with Crippen LogP contribution in [0, 0.1) is 13.8 Å². The number of pyridine rings is 1. The number of likely N-dealkylation sites (tertiary alicyclic amines) is 1. The standard InChI is InChI=1S/C26H27N3O2S/c1-18-10-11-19(2)23(17-18)32-25-22(9-6-14-27-25)26(31)29-15-12-21(13-16-29)28-24(30)20-7-4-3-5-8-20/h3-11,14,17,21H,12-13,15-16H2,1-2H3,(H,28,30). The summed E-state index contributed by atoms with van der Waals surface area (Å²) in [6.07, 6.45) is 3.21. The predicted octanol–water partition coefficient (Wildman–Crippen LogP) is 4.88.